The first-order chi connectivity index (χ1) is 11.5. The third-order valence-electron chi connectivity index (χ3n) is 3.45. The minimum Gasteiger partial charge on any atom is -0.497 e. The van der Waals surface area contributed by atoms with E-state index in [-0.39, 0.29) is 5.91 Å². The molecule has 2 aromatic carbocycles. The summed E-state index contributed by atoms with van der Waals surface area (Å²) in [4.78, 5) is 13.1. The molecule has 0 aliphatic heterocycles. The molecule has 124 valence electrons. The summed E-state index contributed by atoms with van der Waals surface area (Å²) in [5, 5.41) is 4.14. The third kappa shape index (κ3) is 3.22. The first-order valence-corrected chi connectivity index (χ1v) is 8.93. The van der Waals surface area contributed by atoms with Crippen molar-refractivity contribution < 1.29 is 14.3 Å². The van der Waals surface area contributed by atoms with Gasteiger partial charge >= 0.3 is 0 Å². The lowest BCUT2D eigenvalue weighted by Gasteiger charge is -2.11. The van der Waals surface area contributed by atoms with Crippen LogP contribution in [0.2, 0.25) is 5.02 Å². The maximum Gasteiger partial charge on any atom is 0.267 e. The van der Waals surface area contributed by atoms with Crippen molar-refractivity contribution in [1.82, 2.24) is 0 Å². The molecule has 0 bridgehead atoms. The van der Waals surface area contributed by atoms with E-state index in [1.165, 1.54) is 11.3 Å². The number of carbonyl (C=O) groups is 1. The SMILES string of the molecule is COc1ccc(OC)c(NC(=O)c2sc3cc(Br)ccc3c2Cl)c1. The Morgan fingerprint density at radius 3 is 2.67 bits per heavy atom. The highest BCUT2D eigenvalue weighted by atomic mass is 79.9. The standard InChI is InChI=1S/C17H13BrClNO3S/c1-22-10-4-6-13(23-2)12(8-10)20-17(21)16-15(19)11-5-3-9(18)7-14(11)24-16/h3-8H,1-2H3,(H,20,21). The van der Waals surface area contributed by atoms with E-state index in [0.717, 1.165) is 14.6 Å². The van der Waals surface area contributed by atoms with E-state index >= 15 is 0 Å². The summed E-state index contributed by atoms with van der Waals surface area (Å²) in [7, 11) is 3.11. The monoisotopic (exact) mass is 425 g/mol. The summed E-state index contributed by atoms with van der Waals surface area (Å²) in [6, 6.07) is 10.9. The van der Waals surface area contributed by atoms with E-state index in [1.54, 1.807) is 32.4 Å². The summed E-state index contributed by atoms with van der Waals surface area (Å²) in [6.45, 7) is 0. The largest absolute Gasteiger partial charge is 0.497 e. The second-order valence-corrected chi connectivity index (χ2v) is 7.25. The zero-order chi connectivity index (χ0) is 17.3. The van der Waals surface area contributed by atoms with Gasteiger partial charge in [0.15, 0.2) is 0 Å². The minimum atomic E-state index is -0.288. The van der Waals surface area contributed by atoms with Gasteiger partial charge in [-0.2, -0.15) is 0 Å². The maximum absolute atomic E-state index is 12.7. The Hall–Kier alpha value is -1.76. The van der Waals surface area contributed by atoms with Gasteiger partial charge in [-0.15, -0.1) is 11.3 Å². The molecule has 1 heterocycles. The molecule has 0 fully saturated rings. The van der Waals surface area contributed by atoms with E-state index in [1.807, 2.05) is 18.2 Å². The van der Waals surface area contributed by atoms with Gasteiger partial charge < -0.3 is 14.8 Å². The van der Waals surface area contributed by atoms with Crippen molar-refractivity contribution in [3.63, 3.8) is 0 Å². The third-order valence-corrected chi connectivity index (χ3v) is 5.60. The van der Waals surface area contributed by atoms with Crippen LogP contribution in [-0.4, -0.2) is 20.1 Å². The summed E-state index contributed by atoms with van der Waals surface area (Å²) >= 11 is 11.1. The number of nitrogens with one attached hydrogen (secondary N) is 1. The van der Waals surface area contributed by atoms with Crippen LogP contribution < -0.4 is 14.8 Å². The van der Waals surface area contributed by atoms with Gasteiger partial charge in [-0.3, -0.25) is 4.79 Å². The molecule has 3 aromatic rings. The van der Waals surface area contributed by atoms with Crippen LogP contribution in [0.3, 0.4) is 0 Å². The number of hydrogen-bond donors (Lipinski definition) is 1. The summed E-state index contributed by atoms with van der Waals surface area (Å²) in [5.41, 5.74) is 0.525. The second-order valence-electron chi connectivity index (χ2n) is 4.91. The number of amides is 1. The lowest BCUT2D eigenvalue weighted by Crippen LogP contribution is -2.11. The molecule has 24 heavy (non-hydrogen) atoms. The van der Waals surface area contributed by atoms with E-state index in [4.69, 9.17) is 21.1 Å². The summed E-state index contributed by atoms with van der Waals surface area (Å²) in [5.74, 6) is 0.880. The molecule has 4 nitrogen and oxygen atoms in total. The zero-order valence-corrected chi connectivity index (χ0v) is 16.0. The molecular formula is C17H13BrClNO3S. The maximum atomic E-state index is 12.7. The first-order valence-electron chi connectivity index (χ1n) is 6.94. The fourth-order valence-electron chi connectivity index (χ4n) is 2.28. The number of thiophene rings is 1. The summed E-state index contributed by atoms with van der Waals surface area (Å²) < 4.78 is 12.4. The molecule has 0 saturated carbocycles. The van der Waals surface area contributed by atoms with Crippen LogP contribution in [0.1, 0.15) is 9.67 Å². The fraction of sp³-hybridized carbons (Fsp3) is 0.118. The molecule has 0 aliphatic rings. The van der Waals surface area contributed by atoms with Gasteiger partial charge in [0.05, 0.1) is 24.9 Å². The van der Waals surface area contributed by atoms with Gasteiger partial charge in [0.1, 0.15) is 16.4 Å². The molecule has 0 saturated heterocycles. The van der Waals surface area contributed by atoms with Crippen molar-refractivity contribution in [2.75, 3.05) is 19.5 Å². The average Bonchev–Trinajstić information content (AvgIpc) is 2.90. The van der Waals surface area contributed by atoms with Crippen molar-refractivity contribution in [2.24, 2.45) is 0 Å². The number of anilines is 1. The first kappa shape index (κ1) is 17.1. The second kappa shape index (κ2) is 7.01. The quantitative estimate of drug-likeness (QED) is 0.592. The lowest BCUT2D eigenvalue weighted by atomic mass is 10.2. The average molecular weight is 427 g/mol. The summed E-state index contributed by atoms with van der Waals surface area (Å²) in [6.07, 6.45) is 0. The molecule has 1 N–H and O–H groups in total. The van der Waals surface area contributed by atoms with E-state index in [0.29, 0.717) is 27.1 Å². The van der Waals surface area contributed by atoms with Crippen LogP contribution >= 0.6 is 38.9 Å². The van der Waals surface area contributed by atoms with Crippen molar-refractivity contribution in [3.05, 3.63) is 50.8 Å². The Morgan fingerprint density at radius 2 is 1.96 bits per heavy atom. The van der Waals surface area contributed by atoms with Gasteiger partial charge in [-0.1, -0.05) is 33.6 Å². The van der Waals surface area contributed by atoms with Gasteiger partial charge in [0.25, 0.3) is 5.91 Å². The molecule has 0 radical (unpaired) electrons. The normalized spacial score (nSPS) is 10.7. The fourth-order valence-corrected chi connectivity index (χ4v) is 4.24. The van der Waals surface area contributed by atoms with E-state index < -0.39 is 0 Å². The van der Waals surface area contributed by atoms with Gasteiger partial charge in [-0.25, -0.2) is 0 Å². The number of hydrogen-bond acceptors (Lipinski definition) is 4. The Morgan fingerprint density at radius 1 is 1.17 bits per heavy atom. The van der Waals surface area contributed by atoms with Crippen LogP contribution in [0, 0.1) is 0 Å². The highest BCUT2D eigenvalue weighted by Crippen LogP contribution is 2.38. The van der Waals surface area contributed by atoms with Crippen molar-refractivity contribution in [3.8, 4) is 11.5 Å². The van der Waals surface area contributed by atoms with Crippen LogP contribution in [0.5, 0.6) is 11.5 Å². The number of ether oxygens (including phenoxy) is 2. The Labute approximate surface area is 156 Å². The van der Waals surface area contributed by atoms with Gasteiger partial charge in [0, 0.05) is 20.6 Å². The number of rotatable bonds is 4. The zero-order valence-electron chi connectivity index (χ0n) is 12.9. The van der Waals surface area contributed by atoms with Crippen molar-refractivity contribution >= 4 is 60.5 Å². The number of benzene rings is 2. The number of halogens is 2. The van der Waals surface area contributed by atoms with E-state index in [2.05, 4.69) is 21.2 Å². The number of fused-ring (bicyclic) bond motifs is 1. The van der Waals surface area contributed by atoms with E-state index in [9.17, 15) is 4.79 Å². The molecule has 0 atom stereocenters. The van der Waals surface area contributed by atoms with Gasteiger partial charge in [0.2, 0.25) is 0 Å². The Kier molecular flexibility index (Phi) is 4.99. The molecule has 7 heteroatoms. The van der Waals surface area contributed by atoms with Crippen LogP contribution in [-0.2, 0) is 0 Å². The molecule has 1 amide bonds. The van der Waals surface area contributed by atoms with Crippen LogP contribution in [0.15, 0.2) is 40.9 Å². The highest BCUT2D eigenvalue weighted by Gasteiger charge is 2.19. The predicted octanol–water partition coefficient (Wildman–Crippen LogP) is 5.59. The van der Waals surface area contributed by atoms with Gasteiger partial charge in [-0.05, 0) is 24.3 Å². The molecule has 3 rings (SSSR count). The molecule has 1 aromatic heterocycles. The molecule has 0 aliphatic carbocycles. The highest BCUT2D eigenvalue weighted by molar-refractivity contribution is 9.10. The lowest BCUT2D eigenvalue weighted by molar-refractivity contribution is 0.103. The topological polar surface area (TPSA) is 47.6 Å². The Balaban J connectivity index is 1.97. The smallest absolute Gasteiger partial charge is 0.267 e. The number of carbonyl (C=O) groups excluding carboxylic acids is 1. The number of methoxy groups -OCH3 is 2. The molecular weight excluding hydrogens is 414 g/mol. The minimum absolute atomic E-state index is 0.288. The Bertz CT molecular complexity index is 926. The predicted molar refractivity (Wildman–Crippen MR) is 102 cm³/mol. The van der Waals surface area contributed by atoms with Crippen LogP contribution in [0.4, 0.5) is 5.69 Å². The van der Waals surface area contributed by atoms with Crippen LogP contribution in [0.25, 0.3) is 10.1 Å². The molecule has 0 unspecified atom stereocenters. The molecule has 0 spiro atoms. The van der Waals surface area contributed by atoms with Crippen molar-refractivity contribution in [1.29, 1.82) is 0 Å². The van der Waals surface area contributed by atoms with Crippen molar-refractivity contribution in [2.45, 2.75) is 0 Å².